The number of amides is 2. The van der Waals surface area contributed by atoms with E-state index in [4.69, 9.17) is 4.42 Å². The Labute approximate surface area is 137 Å². The monoisotopic (exact) mass is 326 g/mol. The maximum absolute atomic E-state index is 13.3. The molecule has 0 saturated heterocycles. The van der Waals surface area contributed by atoms with E-state index in [2.05, 4.69) is 10.6 Å². The summed E-state index contributed by atoms with van der Waals surface area (Å²) in [5.41, 5.74) is 2.23. The third-order valence-electron chi connectivity index (χ3n) is 3.57. The molecule has 0 aliphatic carbocycles. The quantitative estimate of drug-likeness (QED) is 0.761. The van der Waals surface area contributed by atoms with Crippen LogP contribution in [0.25, 0.3) is 11.0 Å². The summed E-state index contributed by atoms with van der Waals surface area (Å²) >= 11 is 0. The number of rotatable bonds is 3. The number of nitrogens with one attached hydrogen (secondary N) is 2. The van der Waals surface area contributed by atoms with Crippen molar-refractivity contribution >= 4 is 34.2 Å². The van der Waals surface area contributed by atoms with Gasteiger partial charge in [0, 0.05) is 29.2 Å². The van der Waals surface area contributed by atoms with Crippen LogP contribution in [0.2, 0.25) is 0 Å². The highest BCUT2D eigenvalue weighted by atomic mass is 19.1. The van der Waals surface area contributed by atoms with Gasteiger partial charge >= 0.3 is 0 Å². The maximum atomic E-state index is 13.3. The van der Waals surface area contributed by atoms with Crippen molar-refractivity contribution in [2.75, 3.05) is 10.6 Å². The van der Waals surface area contributed by atoms with E-state index >= 15 is 0 Å². The van der Waals surface area contributed by atoms with Crippen LogP contribution in [0, 0.1) is 12.7 Å². The second-order valence-electron chi connectivity index (χ2n) is 5.41. The van der Waals surface area contributed by atoms with E-state index in [-0.39, 0.29) is 17.5 Å². The molecule has 0 aliphatic heterocycles. The van der Waals surface area contributed by atoms with Gasteiger partial charge in [-0.05, 0) is 49.4 Å². The SMILES string of the molecule is CC(=O)Nc1ccc(NC(=O)c2oc3ccc(F)cc3c2C)cc1. The zero-order chi connectivity index (χ0) is 17.3. The van der Waals surface area contributed by atoms with Gasteiger partial charge in [0.2, 0.25) is 5.91 Å². The van der Waals surface area contributed by atoms with Gasteiger partial charge in [-0.1, -0.05) is 0 Å². The van der Waals surface area contributed by atoms with Gasteiger partial charge < -0.3 is 15.1 Å². The predicted octanol–water partition coefficient (Wildman–Crippen LogP) is 4.09. The summed E-state index contributed by atoms with van der Waals surface area (Å²) in [4.78, 5) is 23.4. The highest BCUT2D eigenvalue weighted by Crippen LogP contribution is 2.26. The number of furan rings is 1. The van der Waals surface area contributed by atoms with E-state index < -0.39 is 5.91 Å². The predicted molar refractivity (Wildman–Crippen MR) is 89.6 cm³/mol. The lowest BCUT2D eigenvalue weighted by Gasteiger charge is -2.06. The van der Waals surface area contributed by atoms with E-state index in [1.54, 1.807) is 31.2 Å². The van der Waals surface area contributed by atoms with Crippen molar-refractivity contribution in [2.24, 2.45) is 0 Å². The summed E-state index contributed by atoms with van der Waals surface area (Å²) in [6, 6.07) is 10.8. The van der Waals surface area contributed by atoms with Gasteiger partial charge in [-0.25, -0.2) is 4.39 Å². The average Bonchev–Trinajstić information content (AvgIpc) is 2.86. The lowest BCUT2D eigenvalue weighted by molar-refractivity contribution is -0.114. The summed E-state index contributed by atoms with van der Waals surface area (Å²) in [5, 5.41) is 5.93. The molecule has 0 spiro atoms. The first-order valence-corrected chi connectivity index (χ1v) is 7.31. The van der Waals surface area contributed by atoms with Gasteiger partial charge in [0.1, 0.15) is 11.4 Å². The standard InChI is InChI=1S/C18H15FN2O3/c1-10-15-9-12(19)3-8-16(15)24-17(10)18(23)21-14-6-4-13(5-7-14)20-11(2)22/h3-9H,1-2H3,(H,20,22)(H,21,23). The van der Waals surface area contributed by atoms with Crippen LogP contribution in [0.15, 0.2) is 46.9 Å². The minimum absolute atomic E-state index is 0.140. The van der Waals surface area contributed by atoms with Gasteiger partial charge in [-0.15, -0.1) is 0 Å². The molecular weight excluding hydrogens is 311 g/mol. The van der Waals surface area contributed by atoms with Crippen LogP contribution in [-0.2, 0) is 4.79 Å². The molecule has 2 N–H and O–H groups in total. The molecule has 3 rings (SSSR count). The van der Waals surface area contributed by atoms with Crippen molar-refractivity contribution in [1.82, 2.24) is 0 Å². The molecule has 0 unspecified atom stereocenters. The van der Waals surface area contributed by atoms with E-state index in [0.717, 1.165) is 0 Å². The van der Waals surface area contributed by atoms with E-state index in [1.165, 1.54) is 25.1 Å². The zero-order valence-electron chi connectivity index (χ0n) is 13.1. The molecule has 122 valence electrons. The number of halogens is 1. The Morgan fingerprint density at radius 2 is 1.62 bits per heavy atom. The second kappa shape index (κ2) is 6.16. The summed E-state index contributed by atoms with van der Waals surface area (Å²) in [6.07, 6.45) is 0. The molecule has 0 saturated carbocycles. The number of carbonyl (C=O) groups excluding carboxylic acids is 2. The van der Waals surface area contributed by atoms with Gasteiger partial charge in [-0.3, -0.25) is 9.59 Å². The Hall–Kier alpha value is -3.15. The van der Waals surface area contributed by atoms with Crippen LogP contribution < -0.4 is 10.6 Å². The minimum atomic E-state index is -0.420. The summed E-state index contributed by atoms with van der Waals surface area (Å²) in [5.74, 6) is -0.832. The first-order chi connectivity index (χ1) is 11.4. The van der Waals surface area contributed by atoms with Gasteiger partial charge in [-0.2, -0.15) is 0 Å². The fraction of sp³-hybridized carbons (Fsp3) is 0.111. The van der Waals surface area contributed by atoms with Crippen LogP contribution in [0.5, 0.6) is 0 Å². The van der Waals surface area contributed by atoms with Crippen molar-refractivity contribution in [3.8, 4) is 0 Å². The Balaban J connectivity index is 1.82. The number of aryl methyl sites for hydroxylation is 1. The first-order valence-electron chi connectivity index (χ1n) is 7.31. The molecule has 1 aromatic heterocycles. The van der Waals surface area contributed by atoms with E-state index in [1.807, 2.05) is 0 Å². The first kappa shape index (κ1) is 15.7. The molecule has 0 aliphatic rings. The topological polar surface area (TPSA) is 71.3 Å². The highest BCUT2D eigenvalue weighted by Gasteiger charge is 2.18. The molecule has 24 heavy (non-hydrogen) atoms. The zero-order valence-corrected chi connectivity index (χ0v) is 13.1. The number of carbonyl (C=O) groups is 2. The van der Waals surface area contributed by atoms with E-state index in [9.17, 15) is 14.0 Å². The molecule has 0 fully saturated rings. The largest absolute Gasteiger partial charge is 0.451 e. The van der Waals surface area contributed by atoms with E-state index in [0.29, 0.717) is 27.9 Å². The Kier molecular flexibility index (Phi) is 4.04. The third kappa shape index (κ3) is 3.12. The third-order valence-corrected chi connectivity index (χ3v) is 3.57. The number of anilines is 2. The molecule has 3 aromatic rings. The highest BCUT2D eigenvalue weighted by molar-refractivity contribution is 6.06. The van der Waals surface area contributed by atoms with Crippen molar-refractivity contribution in [3.05, 3.63) is 59.6 Å². The number of hydrogen-bond donors (Lipinski definition) is 2. The molecule has 2 aromatic carbocycles. The lowest BCUT2D eigenvalue weighted by Crippen LogP contribution is -2.12. The fourth-order valence-electron chi connectivity index (χ4n) is 2.44. The molecular formula is C18H15FN2O3. The molecule has 1 heterocycles. The minimum Gasteiger partial charge on any atom is -0.451 e. The summed E-state index contributed by atoms with van der Waals surface area (Å²) in [7, 11) is 0. The Bertz CT molecular complexity index is 929. The van der Waals surface area contributed by atoms with Crippen LogP contribution in [0.3, 0.4) is 0 Å². The van der Waals surface area contributed by atoms with Gasteiger partial charge in [0.05, 0.1) is 0 Å². The van der Waals surface area contributed by atoms with Crippen LogP contribution in [0.4, 0.5) is 15.8 Å². The van der Waals surface area contributed by atoms with Crippen LogP contribution >= 0.6 is 0 Å². The molecule has 6 heteroatoms. The average molecular weight is 326 g/mol. The molecule has 2 amide bonds. The smallest absolute Gasteiger partial charge is 0.291 e. The van der Waals surface area contributed by atoms with Crippen molar-refractivity contribution in [1.29, 1.82) is 0 Å². The van der Waals surface area contributed by atoms with Crippen LogP contribution in [-0.4, -0.2) is 11.8 Å². The van der Waals surface area contributed by atoms with Crippen LogP contribution in [0.1, 0.15) is 23.0 Å². The normalized spacial score (nSPS) is 10.6. The molecule has 5 nitrogen and oxygen atoms in total. The summed E-state index contributed by atoms with van der Waals surface area (Å²) in [6.45, 7) is 3.13. The van der Waals surface area contributed by atoms with Gasteiger partial charge in [0.25, 0.3) is 5.91 Å². The second-order valence-corrected chi connectivity index (χ2v) is 5.41. The molecule has 0 atom stereocenters. The maximum Gasteiger partial charge on any atom is 0.291 e. The Morgan fingerprint density at radius 1 is 1.00 bits per heavy atom. The number of benzene rings is 2. The fourth-order valence-corrected chi connectivity index (χ4v) is 2.44. The van der Waals surface area contributed by atoms with Crippen molar-refractivity contribution in [3.63, 3.8) is 0 Å². The number of hydrogen-bond acceptors (Lipinski definition) is 3. The van der Waals surface area contributed by atoms with Crippen molar-refractivity contribution in [2.45, 2.75) is 13.8 Å². The van der Waals surface area contributed by atoms with Crippen molar-refractivity contribution < 1.29 is 18.4 Å². The Morgan fingerprint density at radius 3 is 2.25 bits per heavy atom. The van der Waals surface area contributed by atoms with Gasteiger partial charge in [0.15, 0.2) is 5.76 Å². The summed E-state index contributed by atoms with van der Waals surface area (Å²) < 4.78 is 18.9. The molecule has 0 radical (unpaired) electrons. The lowest BCUT2D eigenvalue weighted by atomic mass is 10.1. The number of fused-ring (bicyclic) bond motifs is 1. The molecule has 0 bridgehead atoms.